The van der Waals surface area contributed by atoms with Crippen LogP contribution in [0.3, 0.4) is 0 Å². The largest absolute Gasteiger partial charge is 0.480 e. The van der Waals surface area contributed by atoms with Crippen LogP contribution in [-0.2, 0) is 4.79 Å². The van der Waals surface area contributed by atoms with Crippen molar-refractivity contribution in [3.8, 4) is 0 Å². The topological polar surface area (TPSA) is 75.1 Å². The van der Waals surface area contributed by atoms with E-state index in [9.17, 15) is 4.79 Å². The molecule has 1 unspecified atom stereocenters. The van der Waals surface area contributed by atoms with Crippen LogP contribution in [-0.4, -0.2) is 38.9 Å². The minimum absolute atomic E-state index is 0.389. The lowest BCUT2D eigenvalue weighted by Gasteiger charge is -2.24. The highest BCUT2D eigenvalue weighted by atomic mass is 32.2. The van der Waals surface area contributed by atoms with Crippen molar-refractivity contribution in [2.45, 2.75) is 24.5 Å². The lowest BCUT2D eigenvalue weighted by molar-refractivity contribution is -0.143. The Bertz CT molecular complexity index is 347. The minimum atomic E-state index is -0.946. The van der Waals surface area contributed by atoms with E-state index in [0.29, 0.717) is 17.5 Å². The first kappa shape index (κ1) is 12.9. The highest BCUT2D eigenvalue weighted by Crippen LogP contribution is 2.18. The van der Waals surface area contributed by atoms with Crippen LogP contribution in [0, 0.1) is 0 Å². The van der Waals surface area contributed by atoms with Crippen molar-refractivity contribution in [1.29, 1.82) is 0 Å². The summed E-state index contributed by atoms with van der Waals surface area (Å²) in [5, 5.41) is 12.7. The zero-order chi connectivity index (χ0) is 12.0. The molecule has 1 heterocycles. The van der Waals surface area contributed by atoms with E-state index in [2.05, 4.69) is 15.3 Å². The average Bonchev–Trinajstić information content (AvgIpc) is 2.28. The molecule has 0 aromatic carbocycles. The van der Waals surface area contributed by atoms with E-state index < -0.39 is 11.5 Å². The lowest BCUT2D eigenvalue weighted by atomic mass is 10.1. The van der Waals surface area contributed by atoms with E-state index in [1.54, 1.807) is 25.4 Å². The maximum absolute atomic E-state index is 11.1. The molecule has 0 aliphatic carbocycles. The summed E-state index contributed by atoms with van der Waals surface area (Å²) in [4.78, 5) is 19.2. The average molecular weight is 241 g/mol. The van der Waals surface area contributed by atoms with E-state index in [1.165, 1.54) is 11.8 Å². The molecule has 1 rings (SSSR count). The van der Waals surface area contributed by atoms with Crippen molar-refractivity contribution in [2.75, 3.05) is 12.3 Å². The first-order chi connectivity index (χ1) is 7.58. The van der Waals surface area contributed by atoms with Crippen LogP contribution in [0.1, 0.15) is 13.8 Å². The summed E-state index contributed by atoms with van der Waals surface area (Å²) in [6, 6.07) is 1.73. The Kier molecular flexibility index (Phi) is 4.70. The van der Waals surface area contributed by atoms with Gasteiger partial charge in [-0.15, -0.1) is 0 Å². The summed E-state index contributed by atoms with van der Waals surface area (Å²) in [5.74, 6) is -0.474. The van der Waals surface area contributed by atoms with E-state index in [-0.39, 0.29) is 0 Å². The molecule has 6 heteroatoms. The fraction of sp³-hybridized carbons (Fsp3) is 0.500. The Morgan fingerprint density at radius 2 is 2.19 bits per heavy atom. The summed E-state index contributed by atoms with van der Waals surface area (Å²) in [5.41, 5.74) is -0.946. The second-order valence-corrected chi connectivity index (χ2v) is 4.43. The number of carbonyl (C=O) groups is 1. The van der Waals surface area contributed by atoms with Gasteiger partial charge in [0, 0.05) is 18.1 Å². The Labute approximate surface area is 98.7 Å². The van der Waals surface area contributed by atoms with E-state index in [1.807, 2.05) is 6.92 Å². The molecule has 0 radical (unpaired) electrons. The van der Waals surface area contributed by atoms with Gasteiger partial charge in [-0.05, 0) is 19.5 Å². The molecule has 0 aliphatic heterocycles. The number of likely N-dealkylation sites (N-methyl/N-ethyl adjacent to an activating group) is 1. The number of hydrogen-bond acceptors (Lipinski definition) is 5. The van der Waals surface area contributed by atoms with Crippen LogP contribution >= 0.6 is 11.8 Å². The van der Waals surface area contributed by atoms with Crippen molar-refractivity contribution >= 4 is 17.7 Å². The zero-order valence-corrected chi connectivity index (χ0v) is 10.1. The SMILES string of the molecule is CCNC(C)(CSc1ncccn1)C(=O)O. The van der Waals surface area contributed by atoms with Gasteiger partial charge in [0.2, 0.25) is 0 Å². The molecule has 0 bridgehead atoms. The van der Waals surface area contributed by atoms with Gasteiger partial charge in [0.15, 0.2) is 5.16 Å². The quantitative estimate of drug-likeness (QED) is 0.572. The Morgan fingerprint density at radius 3 is 2.69 bits per heavy atom. The third-order valence-corrected chi connectivity index (χ3v) is 3.26. The van der Waals surface area contributed by atoms with Crippen molar-refractivity contribution in [2.24, 2.45) is 0 Å². The number of nitrogens with one attached hydrogen (secondary N) is 1. The number of aliphatic carboxylic acids is 1. The number of carboxylic acid groups (broad SMARTS) is 1. The highest BCUT2D eigenvalue weighted by Gasteiger charge is 2.32. The van der Waals surface area contributed by atoms with Gasteiger partial charge >= 0.3 is 5.97 Å². The van der Waals surface area contributed by atoms with Crippen LogP contribution in [0.5, 0.6) is 0 Å². The third-order valence-electron chi connectivity index (χ3n) is 2.07. The van der Waals surface area contributed by atoms with Crippen molar-refractivity contribution in [1.82, 2.24) is 15.3 Å². The first-order valence-electron chi connectivity index (χ1n) is 4.97. The van der Waals surface area contributed by atoms with E-state index in [4.69, 9.17) is 5.11 Å². The number of thioether (sulfide) groups is 1. The summed E-state index contributed by atoms with van der Waals surface area (Å²) >= 11 is 1.33. The predicted molar refractivity (Wildman–Crippen MR) is 62.5 cm³/mol. The van der Waals surface area contributed by atoms with Crippen LogP contribution in [0.25, 0.3) is 0 Å². The van der Waals surface area contributed by atoms with Crippen molar-refractivity contribution in [3.63, 3.8) is 0 Å². The molecular weight excluding hydrogens is 226 g/mol. The third kappa shape index (κ3) is 3.46. The zero-order valence-electron chi connectivity index (χ0n) is 9.30. The number of rotatable bonds is 6. The molecule has 1 atom stereocenters. The van der Waals surface area contributed by atoms with E-state index in [0.717, 1.165) is 0 Å². The van der Waals surface area contributed by atoms with Gasteiger partial charge in [-0.25, -0.2) is 9.97 Å². The molecule has 1 aromatic heterocycles. The standard InChI is InChI=1S/C10H15N3O2S/c1-3-13-10(2,8(14)15)7-16-9-11-5-4-6-12-9/h4-6,13H,3,7H2,1-2H3,(H,14,15). The number of carboxylic acids is 1. The van der Waals surface area contributed by atoms with Gasteiger partial charge in [0.25, 0.3) is 0 Å². The monoisotopic (exact) mass is 241 g/mol. The molecule has 5 nitrogen and oxygen atoms in total. The Hall–Kier alpha value is -1.14. The lowest BCUT2D eigenvalue weighted by Crippen LogP contribution is -2.51. The number of nitrogens with zero attached hydrogens (tertiary/aromatic N) is 2. The second kappa shape index (κ2) is 5.81. The maximum atomic E-state index is 11.1. The fourth-order valence-corrected chi connectivity index (χ4v) is 2.06. The van der Waals surface area contributed by atoms with Crippen LogP contribution in [0.2, 0.25) is 0 Å². The molecule has 0 spiro atoms. The van der Waals surface area contributed by atoms with Crippen molar-refractivity contribution in [3.05, 3.63) is 18.5 Å². The van der Waals surface area contributed by atoms with Gasteiger partial charge in [-0.2, -0.15) is 0 Å². The molecular formula is C10H15N3O2S. The van der Waals surface area contributed by atoms with Gasteiger partial charge in [0.05, 0.1) is 0 Å². The fourth-order valence-electron chi connectivity index (χ4n) is 1.15. The normalized spacial score (nSPS) is 14.4. The molecule has 1 aromatic rings. The first-order valence-corrected chi connectivity index (χ1v) is 5.95. The predicted octanol–water partition coefficient (Wildman–Crippen LogP) is 1.02. The smallest absolute Gasteiger partial charge is 0.324 e. The molecule has 0 saturated carbocycles. The van der Waals surface area contributed by atoms with Crippen molar-refractivity contribution < 1.29 is 9.90 Å². The molecule has 0 saturated heterocycles. The molecule has 2 N–H and O–H groups in total. The number of aromatic nitrogens is 2. The van der Waals surface area contributed by atoms with Crippen LogP contribution < -0.4 is 5.32 Å². The van der Waals surface area contributed by atoms with Gasteiger partial charge in [-0.1, -0.05) is 18.7 Å². The molecule has 88 valence electrons. The summed E-state index contributed by atoms with van der Waals surface area (Å²) in [6.45, 7) is 4.15. The minimum Gasteiger partial charge on any atom is -0.480 e. The molecule has 0 fully saturated rings. The second-order valence-electron chi connectivity index (χ2n) is 3.49. The Morgan fingerprint density at radius 1 is 1.56 bits per heavy atom. The summed E-state index contributed by atoms with van der Waals surface area (Å²) in [6.07, 6.45) is 3.28. The van der Waals surface area contributed by atoms with Crippen LogP contribution in [0.4, 0.5) is 0 Å². The number of hydrogen-bond donors (Lipinski definition) is 2. The van der Waals surface area contributed by atoms with Gasteiger partial charge < -0.3 is 10.4 Å². The molecule has 0 amide bonds. The van der Waals surface area contributed by atoms with Gasteiger partial charge in [-0.3, -0.25) is 4.79 Å². The van der Waals surface area contributed by atoms with Gasteiger partial charge in [0.1, 0.15) is 5.54 Å². The Balaban J connectivity index is 2.60. The summed E-state index contributed by atoms with van der Waals surface area (Å²) < 4.78 is 0. The van der Waals surface area contributed by atoms with E-state index >= 15 is 0 Å². The van der Waals surface area contributed by atoms with Crippen LogP contribution in [0.15, 0.2) is 23.6 Å². The maximum Gasteiger partial charge on any atom is 0.324 e. The molecule has 0 aliphatic rings. The highest BCUT2D eigenvalue weighted by molar-refractivity contribution is 7.99. The summed E-state index contributed by atoms with van der Waals surface area (Å²) in [7, 11) is 0. The molecule has 16 heavy (non-hydrogen) atoms.